The number of rotatable bonds is 4. The van der Waals surface area contributed by atoms with Gasteiger partial charge in [-0.2, -0.15) is 0 Å². The van der Waals surface area contributed by atoms with Gasteiger partial charge in [0.05, 0.1) is 5.02 Å². The fraction of sp³-hybridized carbons (Fsp3) is 0.455. The summed E-state index contributed by atoms with van der Waals surface area (Å²) in [6, 6.07) is 4.92. The second kappa shape index (κ2) is 5.45. The average molecular weight is 231 g/mol. The highest BCUT2D eigenvalue weighted by molar-refractivity contribution is 6.30. The van der Waals surface area contributed by atoms with Crippen LogP contribution in [0.5, 0.6) is 0 Å². The molecule has 0 aliphatic heterocycles. The quantitative estimate of drug-likeness (QED) is 0.856. The van der Waals surface area contributed by atoms with Crippen molar-refractivity contribution in [3.8, 4) is 0 Å². The summed E-state index contributed by atoms with van der Waals surface area (Å²) in [5, 5.41) is 0.157. The molecule has 0 fully saturated rings. The predicted octanol–water partition coefficient (Wildman–Crippen LogP) is 1.91. The van der Waals surface area contributed by atoms with Crippen LogP contribution >= 0.6 is 11.6 Å². The molecule has 0 aromatic heterocycles. The van der Waals surface area contributed by atoms with E-state index in [1.54, 1.807) is 12.1 Å². The Kier molecular flexibility index (Phi) is 4.51. The van der Waals surface area contributed by atoms with Gasteiger partial charge in [0.25, 0.3) is 0 Å². The van der Waals surface area contributed by atoms with Crippen LogP contribution in [0.1, 0.15) is 5.56 Å². The first-order chi connectivity index (χ1) is 7.00. The standard InChI is InChI=1S/C11H16ClFN2/c1-15(2)7-9(14)6-8-4-3-5-10(12)11(8)13/h3-5,9H,6-7,14H2,1-2H3. The Labute approximate surface area is 94.8 Å². The van der Waals surface area contributed by atoms with E-state index >= 15 is 0 Å². The number of likely N-dealkylation sites (N-methyl/N-ethyl adjacent to an activating group) is 1. The summed E-state index contributed by atoms with van der Waals surface area (Å²) in [7, 11) is 3.88. The van der Waals surface area contributed by atoms with Gasteiger partial charge in [0, 0.05) is 12.6 Å². The highest BCUT2D eigenvalue weighted by Crippen LogP contribution is 2.18. The molecule has 0 aliphatic rings. The largest absolute Gasteiger partial charge is 0.326 e. The van der Waals surface area contributed by atoms with E-state index in [0.717, 1.165) is 6.54 Å². The molecule has 4 heteroatoms. The summed E-state index contributed by atoms with van der Waals surface area (Å²) in [6.45, 7) is 0.728. The lowest BCUT2D eigenvalue weighted by Crippen LogP contribution is -2.35. The Hall–Kier alpha value is -0.640. The summed E-state index contributed by atoms with van der Waals surface area (Å²) in [5.41, 5.74) is 6.45. The zero-order valence-corrected chi connectivity index (χ0v) is 9.76. The predicted molar refractivity (Wildman–Crippen MR) is 61.6 cm³/mol. The number of benzene rings is 1. The van der Waals surface area contributed by atoms with Crippen molar-refractivity contribution in [1.82, 2.24) is 4.90 Å². The fourth-order valence-electron chi connectivity index (χ4n) is 1.52. The second-order valence-corrected chi connectivity index (χ2v) is 4.35. The molecular weight excluding hydrogens is 215 g/mol. The topological polar surface area (TPSA) is 29.3 Å². The number of nitrogens with zero attached hydrogens (tertiary/aromatic N) is 1. The van der Waals surface area contributed by atoms with Crippen molar-refractivity contribution in [3.63, 3.8) is 0 Å². The molecule has 0 heterocycles. The Bertz CT molecular complexity index is 328. The molecule has 15 heavy (non-hydrogen) atoms. The van der Waals surface area contributed by atoms with E-state index in [0.29, 0.717) is 12.0 Å². The van der Waals surface area contributed by atoms with Crippen LogP contribution in [0, 0.1) is 5.82 Å². The molecule has 0 saturated carbocycles. The molecule has 2 nitrogen and oxygen atoms in total. The van der Waals surface area contributed by atoms with Crippen LogP contribution in [0.25, 0.3) is 0 Å². The van der Waals surface area contributed by atoms with E-state index in [4.69, 9.17) is 17.3 Å². The molecule has 0 radical (unpaired) electrons. The third-order valence-electron chi connectivity index (χ3n) is 2.11. The SMILES string of the molecule is CN(C)CC(N)Cc1cccc(Cl)c1F. The van der Waals surface area contributed by atoms with Crippen molar-refractivity contribution >= 4 is 11.6 Å². The Morgan fingerprint density at radius 1 is 1.47 bits per heavy atom. The minimum Gasteiger partial charge on any atom is -0.326 e. The molecule has 1 aromatic carbocycles. The lowest BCUT2D eigenvalue weighted by Gasteiger charge is -2.17. The lowest BCUT2D eigenvalue weighted by atomic mass is 10.1. The third kappa shape index (κ3) is 3.78. The van der Waals surface area contributed by atoms with Gasteiger partial charge >= 0.3 is 0 Å². The van der Waals surface area contributed by atoms with Crippen molar-refractivity contribution in [2.24, 2.45) is 5.73 Å². The molecule has 0 spiro atoms. The molecule has 1 unspecified atom stereocenters. The van der Waals surface area contributed by atoms with Crippen LogP contribution in [-0.2, 0) is 6.42 Å². The molecule has 0 aliphatic carbocycles. The summed E-state index contributed by atoms with van der Waals surface area (Å²) >= 11 is 5.68. The lowest BCUT2D eigenvalue weighted by molar-refractivity contribution is 0.369. The van der Waals surface area contributed by atoms with E-state index in [1.807, 2.05) is 19.0 Å². The highest BCUT2D eigenvalue weighted by Gasteiger charge is 2.11. The van der Waals surface area contributed by atoms with Gasteiger partial charge in [-0.25, -0.2) is 4.39 Å². The Morgan fingerprint density at radius 3 is 2.73 bits per heavy atom. The molecule has 0 saturated heterocycles. The average Bonchev–Trinajstić information content (AvgIpc) is 2.11. The first-order valence-corrected chi connectivity index (χ1v) is 5.21. The summed E-state index contributed by atoms with van der Waals surface area (Å²) in [4.78, 5) is 1.98. The van der Waals surface area contributed by atoms with Gasteiger partial charge in [0.15, 0.2) is 0 Å². The van der Waals surface area contributed by atoms with Crippen LogP contribution in [0.2, 0.25) is 5.02 Å². The number of halogens is 2. The van der Waals surface area contributed by atoms with Crippen molar-refractivity contribution in [3.05, 3.63) is 34.6 Å². The van der Waals surface area contributed by atoms with Gasteiger partial charge in [-0.3, -0.25) is 0 Å². The van der Waals surface area contributed by atoms with Crippen molar-refractivity contribution in [1.29, 1.82) is 0 Å². The van der Waals surface area contributed by atoms with E-state index in [2.05, 4.69) is 0 Å². The van der Waals surface area contributed by atoms with Gasteiger partial charge in [-0.15, -0.1) is 0 Å². The first-order valence-electron chi connectivity index (χ1n) is 4.84. The molecule has 1 rings (SSSR count). The Morgan fingerprint density at radius 2 is 2.13 bits per heavy atom. The first kappa shape index (κ1) is 12.4. The van der Waals surface area contributed by atoms with Crippen molar-refractivity contribution in [2.45, 2.75) is 12.5 Å². The zero-order valence-electron chi connectivity index (χ0n) is 9.00. The fourth-order valence-corrected chi connectivity index (χ4v) is 1.72. The van der Waals surface area contributed by atoms with Crippen LogP contribution < -0.4 is 5.73 Å². The number of nitrogens with two attached hydrogens (primary N) is 1. The molecule has 0 amide bonds. The van der Waals surface area contributed by atoms with Gasteiger partial charge in [-0.05, 0) is 32.1 Å². The zero-order chi connectivity index (χ0) is 11.4. The second-order valence-electron chi connectivity index (χ2n) is 3.94. The molecule has 1 atom stereocenters. The highest BCUT2D eigenvalue weighted by atomic mass is 35.5. The smallest absolute Gasteiger partial charge is 0.145 e. The molecule has 1 aromatic rings. The third-order valence-corrected chi connectivity index (χ3v) is 2.41. The van der Waals surface area contributed by atoms with E-state index in [-0.39, 0.29) is 16.9 Å². The number of hydrogen-bond acceptors (Lipinski definition) is 2. The number of hydrogen-bond donors (Lipinski definition) is 1. The summed E-state index contributed by atoms with van der Waals surface area (Å²) in [5.74, 6) is -0.353. The van der Waals surface area contributed by atoms with Crippen LogP contribution in [0.15, 0.2) is 18.2 Å². The summed E-state index contributed by atoms with van der Waals surface area (Å²) < 4.78 is 13.5. The minimum absolute atomic E-state index is 0.0760. The molecule has 84 valence electrons. The van der Waals surface area contributed by atoms with Gasteiger partial charge in [0.1, 0.15) is 5.82 Å². The monoisotopic (exact) mass is 230 g/mol. The van der Waals surface area contributed by atoms with Crippen molar-refractivity contribution in [2.75, 3.05) is 20.6 Å². The van der Waals surface area contributed by atoms with Gasteiger partial charge in [-0.1, -0.05) is 23.7 Å². The molecule has 2 N–H and O–H groups in total. The molecular formula is C11H16ClFN2. The van der Waals surface area contributed by atoms with Crippen LogP contribution in [0.3, 0.4) is 0 Å². The summed E-state index contributed by atoms with van der Waals surface area (Å²) in [6.07, 6.45) is 0.505. The van der Waals surface area contributed by atoms with Crippen LogP contribution in [0.4, 0.5) is 4.39 Å². The van der Waals surface area contributed by atoms with E-state index < -0.39 is 0 Å². The van der Waals surface area contributed by atoms with E-state index in [1.165, 1.54) is 6.07 Å². The maximum Gasteiger partial charge on any atom is 0.145 e. The van der Waals surface area contributed by atoms with E-state index in [9.17, 15) is 4.39 Å². The van der Waals surface area contributed by atoms with Gasteiger partial charge < -0.3 is 10.6 Å². The Balaban J connectivity index is 2.68. The minimum atomic E-state index is -0.353. The molecule has 0 bridgehead atoms. The van der Waals surface area contributed by atoms with Gasteiger partial charge in [0.2, 0.25) is 0 Å². The van der Waals surface area contributed by atoms with Crippen molar-refractivity contribution < 1.29 is 4.39 Å². The maximum absolute atomic E-state index is 13.5. The van der Waals surface area contributed by atoms with Crippen LogP contribution in [-0.4, -0.2) is 31.6 Å². The maximum atomic E-state index is 13.5. The normalized spacial score (nSPS) is 13.2.